The minimum atomic E-state index is -0.889. The average Bonchev–Trinajstić information content (AvgIpc) is 2.67. The highest BCUT2D eigenvalue weighted by molar-refractivity contribution is 9.10. The Morgan fingerprint density at radius 2 is 1.85 bits per heavy atom. The summed E-state index contributed by atoms with van der Waals surface area (Å²) in [5, 5.41) is 5.26. The smallest absolute Gasteiger partial charge is 0.263 e. The molecule has 0 unspecified atom stereocenters. The molecule has 8 heteroatoms. The number of para-hydroxylation sites is 3. The van der Waals surface area contributed by atoms with Crippen LogP contribution in [0.25, 0.3) is 0 Å². The van der Waals surface area contributed by atoms with Crippen molar-refractivity contribution >= 4 is 45.0 Å². The Balaban J connectivity index is 1.61. The monoisotopic (exact) mass is 431 g/mol. The minimum absolute atomic E-state index is 0.0873. The number of hydrogen-bond donors (Lipinski definition) is 2. The number of anilines is 2. The number of nitrogens with zero attached hydrogens (tertiary/aromatic N) is 1. The molecule has 7 nitrogen and oxygen atoms in total. The van der Waals surface area contributed by atoms with E-state index in [1.807, 2.05) is 6.07 Å². The van der Waals surface area contributed by atoms with Gasteiger partial charge in [0, 0.05) is 11.4 Å². The molecule has 1 aliphatic heterocycles. The van der Waals surface area contributed by atoms with Gasteiger partial charge in [-0.3, -0.25) is 14.4 Å². The van der Waals surface area contributed by atoms with Crippen LogP contribution in [0.5, 0.6) is 5.75 Å². The first-order valence-corrected chi connectivity index (χ1v) is 9.11. The van der Waals surface area contributed by atoms with Crippen molar-refractivity contribution < 1.29 is 19.1 Å². The summed E-state index contributed by atoms with van der Waals surface area (Å²) < 4.78 is 6.44. The number of halogens is 1. The van der Waals surface area contributed by atoms with E-state index in [4.69, 9.17) is 4.74 Å². The molecule has 27 heavy (non-hydrogen) atoms. The Morgan fingerprint density at radius 1 is 1.15 bits per heavy atom. The van der Waals surface area contributed by atoms with E-state index in [0.717, 1.165) is 4.47 Å². The van der Waals surface area contributed by atoms with Gasteiger partial charge in [0.2, 0.25) is 11.8 Å². The highest BCUT2D eigenvalue weighted by Crippen LogP contribution is 2.33. The van der Waals surface area contributed by atoms with Crippen LogP contribution in [-0.4, -0.2) is 36.9 Å². The lowest BCUT2D eigenvalue weighted by Crippen LogP contribution is -2.51. The van der Waals surface area contributed by atoms with Gasteiger partial charge in [0.05, 0.1) is 24.5 Å². The van der Waals surface area contributed by atoms with Crippen molar-refractivity contribution in [2.45, 2.75) is 13.0 Å². The SMILES string of the molecule is CC(=O)N1C[C@H](C(=O)NCC(=O)Nc2ccccc2Br)Oc2ccccc21. The third-order valence-electron chi connectivity index (χ3n) is 4.02. The van der Waals surface area contributed by atoms with E-state index in [2.05, 4.69) is 26.6 Å². The molecule has 2 N–H and O–H groups in total. The third-order valence-corrected chi connectivity index (χ3v) is 4.71. The lowest BCUT2D eigenvalue weighted by atomic mass is 10.1. The first-order valence-electron chi connectivity index (χ1n) is 8.31. The predicted molar refractivity (Wildman–Crippen MR) is 105 cm³/mol. The predicted octanol–water partition coefficient (Wildman–Crippen LogP) is 2.32. The zero-order valence-electron chi connectivity index (χ0n) is 14.6. The summed E-state index contributed by atoms with van der Waals surface area (Å²) in [5.74, 6) is -0.556. The molecule has 0 aromatic heterocycles. The van der Waals surface area contributed by atoms with Crippen LogP contribution in [0.4, 0.5) is 11.4 Å². The lowest BCUT2D eigenvalue weighted by molar-refractivity contribution is -0.130. The molecule has 3 rings (SSSR count). The molecule has 1 heterocycles. The minimum Gasteiger partial charge on any atom is -0.477 e. The molecule has 0 saturated heterocycles. The number of hydrogen-bond acceptors (Lipinski definition) is 4. The molecule has 3 amide bonds. The highest BCUT2D eigenvalue weighted by Gasteiger charge is 2.32. The van der Waals surface area contributed by atoms with Gasteiger partial charge in [-0.15, -0.1) is 0 Å². The quantitative estimate of drug-likeness (QED) is 0.777. The van der Waals surface area contributed by atoms with E-state index in [1.165, 1.54) is 11.8 Å². The summed E-state index contributed by atoms with van der Waals surface area (Å²) in [6, 6.07) is 14.2. The maximum absolute atomic E-state index is 12.4. The lowest BCUT2D eigenvalue weighted by Gasteiger charge is -2.33. The second-order valence-electron chi connectivity index (χ2n) is 5.95. The summed E-state index contributed by atoms with van der Waals surface area (Å²) in [4.78, 5) is 37.9. The molecule has 0 fully saturated rings. The van der Waals surface area contributed by atoms with Crippen molar-refractivity contribution in [3.05, 3.63) is 53.0 Å². The third kappa shape index (κ3) is 4.46. The summed E-state index contributed by atoms with van der Waals surface area (Å²) in [5.41, 5.74) is 1.24. The van der Waals surface area contributed by atoms with Crippen molar-refractivity contribution in [1.29, 1.82) is 0 Å². The van der Waals surface area contributed by atoms with Crippen LogP contribution in [0, 0.1) is 0 Å². The summed E-state index contributed by atoms with van der Waals surface area (Å²) in [6.45, 7) is 1.31. The molecule has 2 aromatic rings. The van der Waals surface area contributed by atoms with E-state index in [1.54, 1.807) is 42.5 Å². The summed E-state index contributed by atoms with van der Waals surface area (Å²) in [7, 11) is 0. The second-order valence-corrected chi connectivity index (χ2v) is 6.80. The van der Waals surface area contributed by atoms with E-state index >= 15 is 0 Å². The van der Waals surface area contributed by atoms with E-state index in [0.29, 0.717) is 17.1 Å². The fourth-order valence-corrected chi connectivity index (χ4v) is 3.09. The highest BCUT2D eigenvalue weighted by atomic mass is 79.9. The molecule has 0 saturated carbocycles. The van der Waals surface area contributed by atoms with Gasteiger partial charge >= 0.3 is 0 Å². The molecule has 0 bridgehead atoms. The van der Waals surface area contributed by atoms with Gasteiger partial charge in [0.25, 0.3) is 5.91 Å². The summed E-state index contributed by atoms with van der Waals surface area (Å²) in [6.07, 6.45) is -0.889. The van der Waals surface area contributed by atoms with Crippen molar-refractivity contribution in [3.8, 4) is 5.75 Å². The first-order chi connectivity index (χ1) is 13.0. The van der Waals surface area contributed by atoms with E-state index < -0.39 is 12.0 Å². The molecule has 0 radical (unpaired) electrons. The van der Waals surface area contributed by atoms with Crippen LogP contribution >= 0.6 is 15.9 Å². The van der Waals surface area contributed by atoms with Crippen LogP contribution in [0.3, 0.4) is 0 Å². The van der Waals surface area contributed by atoms with Crippen LogP contribution < -0.4 is 20.3 Å². The number of ether oxygens (including phenoxy) is 1. The van der Waals surface area contributed by atoms with Crippen molar-refractivity contribution in [2.24, 2.45) is 0 Å². The molecular formula is C19H18BrN3O4. The number of carbonyl (C=O) groups excluding carboxylic acids is 3. The number of amides is 3. The molecule has 1 aliphatic rings. The molecule has 140 valence electrons. The maximum atomic E-state index is 12.4. The van der Waals surface area contributed by atoms with Gasteiger partial charge in [-0.05, 0) is 40.2 Å². The average molecular weight is 432 g/mol. The van der Waals surface area contributed by atoms with Crippen molar-refractivity contribution in [2.75, 3.05) is 23.3 Å². The van der Waals surface area contributed by atoms with Gasteiger partial charge < -0.3 is 20.3 Å². The summed E-state index contributed by atoms with van der Waals surface area (Å²) >= 11 is 3.34. The van der Waals surface area contributed by atoms with Gasteiger partial charge in [0.1, 0.15) is 5.75 Å². The molecule has 1 atom stereocenters. The Labute approximate surface area is 164 Å². The van der Waals surface area contributed by atoms with Crippen molar-refractivity contribution in [1.82, 2.24) is 5.32 Å². The number of nitrogens with one attached hydrogen (secondary N) is 2. The van der Waals surface area contributed by atoms with E-state index in [-0.39, 0.29) is 24.9 Å². The Hall–Kier alpha value is -2.87. The second kappa shape index (κ2) is 8.22. The van der Waals surface area contributed by atoms with Gasteiger partial charge in [0.15, 0.2) is 6.10 Å². The van der Waals surface area contributed by atoms with Crippen LogP contribution in [0.1, 0.15) is 6.92 Å². The Morgan fingerprint density at radius 3 is 2.59 bits per heavy atom. The van der Waals surface area contributed by atoms with E-state index in [9.17, 15) is 14.4 Å². The normalized spacial score (nSPS) is 15.3. The van der Waals surface area contributed by atoms with Crippen molar-refractivity contribution in [3.63, 3.8) is 0 Å². The zero-order chi connectivity index (χ0) is 19.4. The maximum Gasteiger partial charge on any atom is 0.263 e. The van der Waals surface area contributed by atoms with Crippen LogP contribution in [-0.2, 0) is 14.4 Å². The first kappa shape index (κ1) is 18.9. The largest absolute Gasteiger partial charge is 0.477 e. The number of benzene rings is 2. The molecule has 2 aromatic carbocycles. The topological polar surface area (TPSA) is 87.7 Å². The molecule has 0 spiro atoms. The Kier molecular flexibility index (Phi) is 5.75. The molecular weight excluding hydrogens is 414 g/mol. The van der Waals surface area contributed by atoms with Crippen LogP contribution in [0.15, 0.2) is 53.0 Å². The van der Waals surface area contributed by atoms with Crippen LogP contribution in [0.2, 0.25) is 0 Å². The van der Waals surface area contributed by atoms with Gasteiger partial charge in [-0.2, -0.15) is 0 Å². The Bertz CT molecular complexity index is 887. The number of carbonyl (C=O) groups is 3. The number of rotatable bonds is 4. The fourth-order valence-electron chi connectivity index (χ4n) is 2.71. The standard InChI is InChI=1S/C19H18BrN3O4/c1-12(24)23-11-17(27-16-9-5-4-8-15(16)23)19(26)21-10-18(25)22-14-7-3-2-6-13(14)20/h2-9,17H,10-11H2,1H3,(H,21,26)(H,22,25)/t17-/m1/s1. The zero-order valence-corrected chi connectivity index (χ0v) is 16.2. The van der Waals surface area contributed by atoms with Gasteiger partial charge in [-0.25, -0.2) is 0 Å². The number of fused-ring (bicyclic) bond motifs is 1. The van der Waals surface area contributed by atoms with Gasteiger partial charge in [-0.1, -0.05) is 24.3 Å². The molecule has 0 aliphatic carbocycles. The fraction of sp³-hybridized carbons (Fsp3) is 0.211.